The van der Waals surface area contributed by atoms with E-state index in [1.807, 2.05) is 42.5 Å². The van der Waals surface area contributed by atoms with E-state index in [0.717, 1.165) is 71.3 Å². The van der Waals surface area contributed by atoms with Crippen LogP contribution in [0.25, 0.3) is 99.9 Å². The lowest BCUT2D eigenvalue weighted by atomic mass is 9.98. The molecule has 0 aliphatic carbocycles. The maximum Gasteiger partial charge on any atom is 0.164 e. The lowest BCUT2D eigenvalue weighted by molar-refractivity contribution is 0.674. The van der Waals surface area contributed by atoms with Gasteiger partial charge in [-0.25, -0.2) is 15.0 Å². The summed E-state index contributed by atoms with van der Waals surface area (Å²) in [5.74, 6) is 1.87. The van der Waals surface area contributed by atoms with Gasteiger partial charge < -0.3 is 4.42 Å². The molecule has 10 rings (SSSR count). The number of hydrogen-bond donors (Lipinski definition) is 0. The Balaban J connectivity index is 1.18. The first-order chi connectivity index (χ1) is 25.3. The Kier molecular flexibility index (Phi) is 6.78. The van der Waals surface area contributed by atoms with Crippen molar-refractivity contribution in [3.8, 4) is 56.4 Å². The Hall–Kier alpha value is -6.91. The largest absolute Gasteiger partial charge is 0.455 e. The fourth-order valence-electron chi connectivity index (χ4n) is 7.19. The molecule has 8 aromatic carbocycles. The SMILES string of the molecule is c1ccc(-c2ccc3cc(-c4nc(-c5ccccc5)nc(-c5cc6c7cccc(-c8ccccc8)c7oc6c6ccccc56)n4)ccc3c2)cc1. The molecule has 0 atom stereocenters. The van der Waals surface area contributed by atoms with Crippen LogP contribution >= 0.6 is 0 Å². The van der Waals surface area contributed by atoms with E-state index in [1.54, 1.807) is 0 Å². The normalized spacial score (nSPS) is 11.5. The van der Waals surface area contributed by atoms with E-state index >= 15 is 0 Å². The molecule has 0 radical (unpaired) electrons. The van der Waals surface area contributed by atoms with Gasteiger partial charge >= 0.3 is 0 Å². The van der Waals surface area contributed by atoms with Crippen LogP contribution in [0.15, 0.2) is 180 Å². The van der Waals surface area contributed by atoms with Gasteiger partial charge in [-0.1, -0.05) is 158 Å². The van der Waals surface area contributed by atoms with Crippen LogP contribution in [-0.2, 0) is 0 Å². The predicted molar refractivity (Wildman–Crippen MR) is 209 cm³/mol. The Morgan fingerprint density at radius 2 is 0.824 bits per heavy atom. The van der Waals surface area contributed by atoms with Gasteiger partial charge in [0.05, 0.1) is 0 Å². The highest BCUT2D eigenvalue weighted by Crippen LogP contribution is 2.42. The summed E-state index contributed by atoms with van der Waals surface area (Å²) in [5, 5.41) is 6.41. The van der Waals surface area contributed by atoms with Gasteiger partial charge in [0.25, 0.3) is 0 Å². The second-order valence-corrected chi connectivity index (χ2v) is 12.8. The Bertz CT molecular complexity index is 2900. The minimum atomic E-state index is 0.616. The first kappa shape index (κ1) is 29.0. The number of aromatic nitrogens is 3. The van der Waals surface area contributed by atoms with Gasteiger partial charge in [-0.15, -0.1) is 0 Å². The fraction of sp³-hybridized carbons (Fsp3) is 0. The summed E-state index contributed by atoms with van der Waals surface area (Å²) < 4.78 is 6.75. The summed E-state index contributed by atoms with van der Waals surface area (Å²) in [6.45, 7) is 0. The molecule has 0 aliphatic heterocycles. The molecule has 0 saturated heterocycles. The second kappa shape index (κ2) is 11.9. The third kappa shape index (κ3) is 5.04. The van der Waals surface area contributed by atoms with Crippen molar-refractivity contribution in [1.82, 2.24) is 15.0 Å². The van der Waals surface area contributed by atoms with Crippen molar-refractivity contribution in [2.45, 2.75) is 0 Å². The van der Waals surface area contributed by atoms with E-state index in [0.29, 0.717) is 17.5 Å². The monoisotopic (exact) mass is 651 g/mol. The molecular formula is C47H29N3O. The molecular weight excluding hydrogens is 623 g/mol. The first-order valence-electron chi connectivity index (χ1n) is 17.1. The van der Waals surface area contributed by atoms with E-state index in [-0.39, 0.29) is 0 Å². The van der Waals surface area contributed by atoms with Crippen LogP contribution in [-0.4, -0.2) is 15.0 Å². The number of nitrogens with zero attached hydrogens (tertiary/aromatic N) is 3. The molecule has 0 fully saturated rings. The lowest BCUT2D eigenvalue weighted by Gasteiger charge is -2.11. The third-order valence-electron chi connectivity index (χ3n) is 9.70. The van der Waals surface area contributed by atoms with Gasteiger partial charge in [0.15, 0.2) is 17.5 Å². The Morgan fingerprint density at radius 1 is 0.294 bits per heavy atom. The van der Waals surface area contributed by atoms with E-state index in [1.165, 1.54) is 11.1 Å². The summed E-state index contributed by atoms with van der Waals surface area (Å²) in [6.07, 6.45) is 0. The number of para-hydroxylation sites is 1. The summed E-state index contributed by atoms with van der Waals surface area (Å²) in [4.78, 5) is 15.4. The maximum absolute atomic E-state index is 6.75. The molecule has 0 spiro atoms. The van der Waals surface area contributed by atoms with Crippen LogP contribution in [0, 0.1) is 0 Å². The van der Waals surface area contributed by atoms with Gasteiger partial charge in [-0.2, -0.15) is 0 Å². The molecule has 4 heteroatoms. The second-order valence-electron chi connectivity index (χ2n) is 12.8. The average Bonchev–Trinajstić information content (AvgIpc) is 3.60. The molecule has 238 valence electrons. The Labute approximate surface area is 294 Å². The Morgan fingerprint density at radius 3 is 1.55 bits per heavy atom. The summed E-state index contributed by atoms with van der Waals surface area (Å²) in [6, 6.07) is 61.0. The average molecular weight is 652 g/mol. The van der Waals surface area contributed by atoms with Crippen LogP contribution in [0.4, 0.5) is 0 Å². The quantitative estimate of drug-likeness (QED) is 0.186. The van der Waals surface area contributed by atoms with Crippen LogP contribution in [0.5, 0.6) is 0 Å². The number of fused-ring (bicyclic) bond motifs is 6. The topological polar surface area (TPSA) is 51.8 Å². The summed E-state index contributed by atoms with van der Waals surface area (Å²) in [7, 11) is 0. The van der Waals surface area contributed by atoms with Gasteiger partial charge in [0.1, 0.15) is 11.2 Å². The molecule has 0 N–H and O–H groups in total. The van der Waals surface area contributed by atoms with Gasteiger partial charge in [0, 0.05) is 38.4 Å². The van der Waals surface area contributed by atoms with E-state index in [9.17, 15) is 0 Å². The molecule has 51 heavy (non-hydrogen) atoms. The first-order valence-corrected chi connectivity index (χ1v) is 17.1. The minimum Gasteiger partial charge on any atom is -0.455 e. The molecule has 2 heterocycles. The van der Waals surface area contributed by atoms with Crippen molar-refractivity contribution in [2.75, 3.05) is 0 Å². The molecule has 0 unspecified atom stereocenters. The van der Waals surface area contributed by atoms with Crippen molar-refractivity contribution < 1.29 is 4.42 Å². The maximum atomic E-state index is 6.75. The number of benzene rings is 8. The van der Waals surface area contributed by atoms with Crippen molar-refractivity contribution in [3.63, 3.8) is 0 Å². The zero-order valence-corrected chi connectivity index (χ0v) is 27.5. The number of furan rings is 1. The lowest BCUT2D eigenvalue weighted by Crippen LogP contribution is -2.00. The van der Waals surface area contributed by atoms with Gasteiger partial charge in [-0.05, 0) is 51.0 Å². The molecule has 0 saturated carbocycles. The summed E-state index contributed by atoms with van der Waals surface area (Å²) in [5.41, 5.74) is 9.09. The molecule has 0 aliphatic rings. The zero-order chi connectivity index (χ0) is 33.7. The van der Waals surface area contributed by atoms with Crippen molar-refractivity contribution in [1.29, 1.82) is 0 Å². The van der Waals surface area contributed by atoms with Crippen molar-refractivity contribution >= 4 is 43.5 Å². The van der Waals surface area contributed by atoms with E-state index < -0.39 is 0 Å². The number of rotatable bonds is 5. The molecule has 0 bridgehead atoms. The van der Waals surface area contributed by atoms with Crippen LogP contribution < -0.4 is 0 Å². The zero-order valence-electron chi connectivity index (χ0n) is 27.5. The molecule has 4 nitrogen and oxygen atoms in total. The van der Waals surface area contributed by atoms with E-state index in [4.69, 9.17) is 19.4 Å². The number of hydrogen-bond acceptors (Lipinski definition) is 4. The standard InChI is InChI=1S/C47H29N3O/c1-4-13-30(14-5-1)33-23-24-35-28-36(26-25-34(35)27-33)46-48-45(32-17-8-3-9-18-32)49-47(50-46)42-29-41-40-22-12-21-37(31-15-6-2-7-16-31)43(40)51-44(41)39-20-11-10-19-38(39)42/h1-29H. The molecule has 0 amide bonds. The van der Waals surface area contributed by atoms with Crippen LogP contribution in [0.3, 0.4) is 0 Å². The van der Waals surface area contributed by atoms with Crippen molar-refractivity contribution in [3.05, 3.63) is 176 Å². The van der Waals surface area contributed by atoms with Crippen molar-refractivity contribution in [2.24, 2.45) is 0 Å². The molecule has 10 aromatic rings. The minimum absolute atomic E-state index is 0.616. The van der Waals surface area contributed by atoms with E-state index in [2.05, 4.69) is 133 Å². The van der Waals surface area contributed by atoms with Gasteiger partial charge in [-0.3, -0.25) is 0 Å². The highest BCUT2D eigenvalue weighted by Gasteiger charge is 2.20. The molecule has 2 aromatic heterocycles. The fourth-order valence-corrected chi connectivity index (χ4v) is 7.19. The third-order valence-corrected chi connectivity index (χ3v) is 9.70. The highest BCUT2D eigenvalue weighted by molar-refractivity contribution is 6.20. The predicted octanol–water partition coefficient (Wildman–Crippen LogP) is 12.4. The van der Waals surface area contributed by atoms with Gasteiger partial charge in [0.2, 0.25) is 0 Å². The van der Waals surface area contributed by atoms with Crippen LogP contribution in [0.1, 0.15) is 0 Å². The highest BCUT2D eigenvalue weighted by atomic mass is 16.3. The van der Waals surface area contributed by atoms with Crippen LogP contribution in [0.2, 0.25) is 0 Å². The smallest absolute Gasteiger partial charge is 0.164 e. The summed E-state index contributed by atoms with van der Waals surface area (Å²) >= 11 is 0.